The van der Waals surface area contributed by atoms with Gasteiger partial charge in [-0.05, 0) is 65.3 Å². The second kappa shape index (κ2) is 64.7. The maximum atomic E-state index is 3.30. The first-order valence-electron chi connectivity index (χ1n) is 66.9. The molecule has 149 heavy (non-hydrogen) atoms. The van der Waals surface area contributed by atoms with Gasteiger partial charge in [-0.3, -0.25) is 0 Å². The first-order valence-corrected chi connectivity index (χ1v) is 87.9. The van der Waals surface area contributed by atoms with Gasteiger partial charge in [0, 0.05) is 22.3 Å². The molecule has 0 unspecified atom stereocenters. The Balaban J connectivity index is 1.65. The predicted octanol–water partition coefficient (Wildman–Crippen LogP) is 43.6. The summed E-state index contributed by atoms with van der Waals surface area (Å²) < 4.78 is 1.07. The maximum Gasteiger partial charge on any atom is 0.106 e. The molecule has 0 saturated heterocycles. The van der Waals surface area contributed by atoms with Gasteiger partial charge in [-0.1, -0.05) is 758 Å². The van der Waals surface area contributed by atoms with Gasteiger partial charge < -0.3 is 4.48 Å². The number of unbranched alkanes of at least 4 members (excludes halogenated alkanes) is 24. The molecule has 0 radical (unpaired) electrons. The van der Waals surface area contributed by atoms with Gasteiger partial charge in [-0.2, -0.15) is 0 Å². The summed E-state index contributed by atoms with van der Waals surface area (Å²) in [5, 5.41) is 29.2. The van der Waals surface area contributed by atoms with E-state index in [2.05, 4.69) is 263 Å². The van der Waals surface area contributed by atoms with E-state index in [9.17, 15) is 0 Å². The van der Waals surface area contributed by atoms with Gasteiger partial charge in [0.05, 0.1) is 64.6 Å². The Morgan fingerprint density at radius 3 is 0.369 bits per heavy atom. The van der Waals surface area contributed by atoms with Crippen LogP contribution < -0.4 is 41.5 Å². The summed E-state index contributed by atoms with van der Waals surface area (Å²) in [4.78, 5) is 0. The van der Waals surface area contributed by atoms with Gasteiger partial charge in [0.25, 0.3) is 0 Å². The van der Waals surface area contributed by atoms with E-state index in [0.29, 0.717) is 0 Å². The molecule has 1 spiro atoms. The minimum absolute atomic E-state index is 1.07. The van der Waals surface area contributed by atoms with Crippen molar-refractivity contribution < 1.29 is 4.48 Å². The molecule has 0 amide bonds. The van der Waals surface area contributed by atoms with Crippen LogP contribution in [0.1, 0.15) is 497 Å². The third-order valence-electron chi connectivity index (χ3n) is 40.3. The van der Waals surface area contributed by atoms with Crippen molar-refractivity contribution in [1.82, 2.24) is 0 Å². The lowest BCUT2D eigenvalue weighted by Gasteiger charge is -2.40. The molecule has 0 atom stereocenters. The minimum Gasteiger partial charge on any atom is -0.309 e. The number of benzene rings is 8. The van der Waals surface area contributed by atoms with E-state index in [0.717, 1.165) is 30.7 Å². The van der Waals surface area contributed by atoms with E-state index in [1.165, 1.54) is 453 Å². The molecular weight excluding hydrogens is 1920 g/mol. The Morgan fingerprint density at radius 2 is 0.255 bits per heavy atom. The molecule has 0 fully saturated rings. The third-order valence-corrected chi connectivity index (χ3v) is 84.2. The fourth-order valence-corrected chi connectivity index (χ4v) is 77.2. The van der Waals surface area contributed by atoms with Crippen molar-refractivity contribution in [3.05, 3.63) is 119 Å². The molecule has 8 aromatic rings. The molecule has 1 nitrogen and oxygen atoms in total. The largest absolute Gasteiger partial charge is 0.309 e. The molecule has 9 heteroatoms. The summed E-state index contributed by atoms with van der Waals surface area (Å²) in [7, 11) is -17.5. The van der Waals surface area contributed by atoms with Crippen molar-refractivity contribution in [2.45, 2.75) is 646 Å². The van der Waals surface area contributed by atoms with Gasteiger partial charge in [0.15, 0.2) is 0 Å². The van der Waals surface area contributed by atoms with Gasteiger partial charge >= 0.3 is 0 Å². The highest BCUT2D eigenvalue weighted by atomic mass is 28.3. The summed E-state index contributed by atoms with van der Waals surface area (Å²) in [6.07, 6.45) is 63.9. The minimum atomic E-state index is -2.33. The van der Waals surface area contributed by atoms with Gasteiger partial charge in [0.1, 0.15) is 26.2 Å². The number of nitrogens with zero attached hydrogens (tertiary/aromatic N) is 1. The zero-order valence-corrected chi connectivity index (χ0v) is 111. The van der Waals surface area contributed by atoms with Crippen molar-refractivity contribution >= 4 is 149 Å². The van der Waals surface area contributed by atoms with Crippen molar-refractivity contribution in [2.24, 2.45) is 0 Å². The zero-order valence-electron chi connectivity index (χ0n) is 103. The Kier molecular flexibility index (Phi) is 55.2. The molecule has 0 bridgehead atoms. The van der Waals surface area contributed by atoms with E-state index in [1.54, 1.807) is 87.6 Å². The SMILES string of the molecule is CCCC[Si](CCCC)(CCCC)c1ccc2c3c(cc([Si](CCCC)(CCCC)CCCC)c2c1)C[N+]1(Cc2cc([Si](CCCC)(CCCC)CCCC)c4cc([Si](CCCC)(CCCC)CCCC)ccc4c2-3)Cc2cc([Si](CCCC)(CCCC)CCCC)c3cc([Si](CCCC)(CCCC)CCCC)ccc3c2-c2c(cc([Si](CCCC)(CCCC)CCCC)c3cc([Si](CCCC)(CCCC)CCCC)ccc23)C1. The molecule has 0 saturated carbocycles. The molecule has 2 heterocycles. The maximum absolute atomic E-state index is 3.30. The molecule has 0 aromatic heterocycles. The number of hydrogen-bond acceptors (Lipinski definition) is 0. The normalized spacial score (nSPS) is 13.9. The van der Waals surface area contributed by atoms with Crippen LogP contribution in [0.15, 0.2) is 97.1 Å². The van der Waals surface area contributed by atoms with Gasteiger partial charge in [-0.15, -0.1) is 0 Å². The summed E-state index contributed by atoms with van der Waals surface area (Å²) in [6, 6.07) is 84.5. The molecule has 10 rings (SSSR count). The van der Waals surface area contributed by atoms with E-state index in [1.807, 2.05) is 41.5 Å². The van der Waals surface area contributed by atoms with Crippen LogP contribution in [0.25, 0.3) is 65.3 Å². The Bertz CT molecular complexity index is 4400. The average Bonchev–Trinajstić information content (AvgIpc) is 1.60. The third kappa shape index (κ3) is 30.8. The Labute approximate surface area is 933 Å². The van der Waals surface area contributed by atoms with Gasteiger partial charge in [-0.25, -0.2) is 0 Å². The number of quaternary nitrogens is 1. The Morgan fingerprint density at radius 1 is 0.141 bits per heavy atom. The summed E-state index contributed by atoms with van der Waals surface area (Å²) in [6.45, 7) is 65.8. The fourth-order valence-electron chi connectivity index (χ4n) is 31.2. The smallest absolute Gasteiger partial charge is 0.106 e. The highest BCUT2D eigenvalue weighted by Crippen LogP contribution is 2.54. The van der Waals surface area contributed by atoms with E-state index < -0.39 is 64.6 Å². The van der Waals surface area contributed by atoms with E-state index in [-0.39, 0.29) is 0 Å². The summed E-state index contributed by atoms with van der Waals surface area (Å²) >= 11 is 0. The van der Waals surface area contributed by atoms with Crippen LogP contribution in [0.2, 0.25) is 145 Å². The second-order valence-electron chi connectivity index (χ2n) is 51.6. The van der Waals surface area contributed by atoms with Crippen molar-refractivity contribution in [1.29, 1.82) is 0 Å². The Hall–Kier alpha value is -3.50. The molecule has 8 aromatic carbocycles. The summed E-state index contributed by atoms with van der Waals surface area (Å²) in [5.41, 5.74) is 14.1. The molecule has 2 aliphatic heterocycles. The highest BCUT2D eigenvalue weighted by Gasteiger charge is 2.50. The molecule has 0 N–H and O–H groups in total. The van der Waals surface area contributed by atoms with E-state index in [4.69, 9.17) is 0 Å². The summed E-state index contributed by atoms with van der Waals surface area (Å²) in [5.74, 6) is 0. The van der Waals surface area contributed by atoms with E-state index >= 15 is 0 Å². The topological polar surface area (TPSA) is 0 Å². The lowest BCUT2D eigenvalue weighted by Crippen LogP contribution is -2.51. The molecule has 2 aliphatic rings. The fraction of sp³-hybridized carbons (Fsp3) is 0.714. The van der Waals surface area contributed by atoms with Crippen molar-refractivity contribution in [3.8, 4) is 22.3 Å². The monoisotopic (exact) mass is 2160 g/mol. The van der Waals surface area contributed by atoms with Crippen LogP contribution in [0.3, 0.4) is 0 Å². The first kappa shape index (κ1) is 127. The van der Waals surface area contributed by atoms with Crippen LogP contribution in [0, 0.1) is 0 Å². The number of rotatable bonds is 80. The highest BCUT2D eigenvalue weighted by molar-refractivity contribution is 6.98. The van der Waals surface area contributed by atoms with Crippen LogP contribution in [-0.2, 0) is 26.2 Å². The number of hydrogen-bond donors (Lipinski definition) is 0. The standard InChI is InChI=1S/C140H240NSi8/c1-25-49-81-142(82-50-26-2,83-51-27-3)121-73-77-125-129(109-121)133(146(93-61-37-13,94-62-38-14)95-63-39-15)105-117-113-141(114-118-106-134(147(96-64-40-16,97-65-41-17)98-66-42-18)130-110-122(74-78-126(130)138(118)137(117)125)143(84-52-28-4,85-53-29-5)86-54-30-6)115-119-107-135(148(99-67-43-19,100-68-44-20)101-69-45-21)131-111-123(144(87-55-31-7,88-56-32-8)89-57-33-9)75-79-127(131)139(119)140-120(116-141)108-136(149(102-70-46-22,103-71-47-23)104-72-48-24)132-112-124(76-80-128(132)140)145(90-58-34-10,91-59-35-11)92-60-36-12/h73-80,105-112H,25-72,81-104,113-116H2,1-24H3/q+1. The first-order chi connectivity index (χ1) is 72.6. The lowest BCUT2D eigenvalue weighted by atomic mass is 9.88. The van der Waals surface area contributed by atoms with Gasteiger partial charge in [0.2, 0.25) is 0 Å². The molecular formula is C140H240NSi8+. The van der Waals surface area contributed by atoms with Crippen LogP contribution >= 0.6 is 0 Å². The van der Waals surface area contributed by atoms with Crippen molar-refractivity contribution in [3.63, 3.8) is 0 Å². The van der Waals surface area contributed by atoms with Crippen LogP contribution in [0.5, 0.6) is 0 Å². The van der Waals surface area contributed by atoms with Crippen LogP contribution in [-0.4, -0.2) is 69.1 Å². The molecule has 0 aliphatic carbocycles. The van der Waals surface area contributed by atoms with Crippen LogP contribution in [0.4, 0.5) is 0 Å². The average molecular weight is 2160 g/mol. The quantitative estimate of drug-likeness (QED) is 0.0263. The lowest BCUT2D eigenvalue weighted by molar-refractivity contribution is -0.977. The second-order valence-corrected chi connectivity index (χ2v) is 88.5. The van der Waals surface area contributed by atoms with Crippen molar-refractivity contribution in [2.75, 3.05) is 0 Å². The predicted molar refractivity (Wildman–Crippen MR) is 705 cm³/mol. The molecule has 836 valence electrons. The zero-order chi connectivity index (χ0) is 107. The number of fused-ring (bicyclic) bond motifs is 14.